The Labute approximate surface area is 116 Å². The minimum atomic E-state index is -0.0369. The third-order valence-corrected chi connectivity index (χ3v) is 3.88. The van der Waals surface area contributed by atoms with Gasteiger partial charge in [-0.25, -0.2) is 4.98 Å². The van der Waals surface area contributed by atoms with E-state index in [2.05, 4.69) is 36.0 Å². The Bertz CT molecular complexity index is 569. The molecule has 0 amide bonds. The number of nitrogens with zero attached hydrogens (tertiary/aromatic N) is 4. The van der Waals surface area contributed by atoms with E-state index in [1.807, 2.05) is 14.0 Å². The van der Waals surface area contributed by atoms with Gasteiger partial charge in [0.2, 0.25) is 11.8 Å². The molecule has 2 rings (SSSR count). The number of nitrogen functional groups attached to an aromatic ring is 1. The highest BCUT2D eigenvalue weighted by atomic mass is 32.2. The second-order valence-corrected chi connectivity index (χ2v) is 6.78. The molecule has 0 saturated heterocycles. The number of aromatic nitrogens is 4. The Hall–Kier alpha value is -1.50. The van der Waals surface area contributed by atoms with Gasteiger partial charge in [0.1, 0.15) is 5.76 Å². The van der Waals surface area contributed by atoms with Crippen molar-refractivity contribution in [1.82, 2.24) is 19.7 Å². The first-order valence-electron chi connectivity index (χ1n) is 6.06. The lowest BCUT2D eigenvalue weighted by atomic mass is 9.94. The van der Waals surface area contributed by atoms with E-state index in [-0.39, 0.29) is 10.7 Å². The van der Waals surface area contributed by atoms with Gasteiger partial charge < -0.3 is 10.2 Å². The number of rotatable bonds is 3. The molecule has 2 aromatic rings. The monoisotopic (exact) mass is 281 g/mol. The fraction of sp³-hybridized carbons (Fsp3) is 0.583. The van der Waals surface area contributed by atoms with Gasteiger partial charge in [-0.15, -0.1) is 10.2 Å². The molecule has 19 heavy (non-hydrogen) atoms. The van der Waals surface area contributed by atoms with Crippen molar-refractivity contribution < 1.29 is 4.42 Å². The van der Waals surface area contributed by atoms with E-state index in [4.69, 9.17) is 10.2 Å². The van der Waals surface area contributed by atoms with Crippen molar-refractivity contribution in [3.8, 4) is 0 Å². The van der Waals surface area contributed by atoms with Crippen LogP contribution in [0.15, 0.2) is 15.8 Å². The number of nitrogens with two attached hydrogens (primary N) is 1. The minimum Gasteiger partial charge on any atom is -0.444 e. The molecule has 1 unspecified atom stereocenters. The number of anilines is 1. The summed E-state index contributed by atoms with van der Waals surface area (Å²) in [5.74, 6) is 1.97. The summed E-state index contributed by atoms with van der Waals surface area (Å²) in [6.45, 7) is 8.31. The molecule has 2 N–H and O–H groups in total. The van der Waals surface area contributed by atoms with E-state index in [1.54, 1.807) is 10.8 Å². The SMILES string of the molecule is CC(Sc1nnc(N)n1C)c1ncc(C(C)(C)C)o1. The van der Waals surface area contributed by atoms with Crippen LogP contribution in [0.5, 0.6) is 0 Å². The summed E-state index contributed by atoms with van der Waals surface area (Å²) in [7, 11) is 1.83. The van der Waals surface area contributed by atoms with E-state index in [1.165, 1.54) is 11.8 Å². The van der Waals surface area contributed by atoms with Gasteiger partial charge in [-0.05, 0) is 6.92 Å². The predicted octanol–water partition coefficient (Wildman–Crippen LogP) is 2.54. The molecule has 2 aromatic heterocycles. The average Bonchev–Trinajstić information content (AvgIpc) is 2.91. The molecule has 0 fully saturated rings. The molecule has 0 saturated carbocycles. The van der Waals surface area contributed by atoms with E-state index in [0.29, 0.717) is 11.8 Å². The summed E-state index contributed by atoms with van der Waals surface area (Å²) < 4.78 is 7.55. The van der Waals surface area contributed by atoms with Crippen LogP contribution in [0.1, 0.15) is 44.6 Å². The second kappa shape index (κ2) is 4.88. The van der Waals surface area contributed by atoms with E-state index < -0.39 is 0 Å². The van der Waals surface area contributed by atoms with Gasteiger partial charge in [0.05, 0.1) is 11.4 Å². The first kappa shape index (κ1) is 13.9. The topological polar surface area (TPSA) is 82.8 Å². The van der Waals surface area contributed by atoms with Gasteiger partial charge in [-0.1, -0.05) is 32.5 Å². The van der Waals surface area contributed by atoms with Crippen LogP contribution < -0.4 is 5.73 Å². The molecule has 0 aliphatic rings. The highest BCUT2D eigenvalue weighted by Gasteiger charge is 2.22. The van der Waals surface area contributed by atoms with E-state index in [9.17, 15) is 0 Å². The predicted molar refractivity (Wildman–Crippen MR) is 74.9 cm³/mol. The van der Waals surface area contributed by atoms with Crippen molar-refractivity contribution in [1.29, 1.82) is 0 Å². The van der Waals surface area contributed by atoms with Crippen LogP contribution in [0.4, 0.5) is 5.95 Å². The van der Waals surface area contributed by atoms with Crippen molar-refractivity contribution in [2.45, 2.75) is 43.5 Å². The molecule has 0 aliphatic heterocycles. The zero-order valence-electron chi connectivity index (χ0n) is 11.8. The maximum Gasteiger partial charge on any atom is 0.222 e. The van der Waals surface area contributed by atoms with Gasteiger partial charge in [0.15, 0.2) is 5.16 Å². The molecular weight excluding hydrogens is 262 g/mol. The number of oxazole rings is 1. The zero-order chi connectivity index (χ0) is 14.2. The standard InChI is InChI=1S/C12H19N5OS/c1-7(19-11-16-15-10(13)17(11)5)9-14-6-8(18-9)12(2,3)4/h6-7H,1-5H3,(H2,13,15). The maximum atomic E-state index is 5.81. The summed E-state index contributed by atoms with van der Waals surface area (Å²) >= 11 is 1.52. The summed E-state index contributed by atoms with van der Waals surface area (Å²) in [6, 6.07) is 0. The largest absolute Gasteiger partial charge is 0.444 e. The van der Waals surface area contributed by atoms with Crippen LogP contribution in [0, 0.1) is 0 Å². The van der Waals surface area contributed by atoms with Gasteiger partial charge in [-0.3, -0.25) is 4.57 Å². The zero-order valence-corrected chi connectivity index (χ0v) is 12.7. The van der Waals surface area contributed by atoms with Crippen molar-refractivity contribution in [3.05, 3.63) is 17.8 Å². The van der Waals surface area contributed by atoms with Gasteiger partial charge in [-0.2, -0.15) is 0 Å². The molecule has 0 bridgehead atoms. The Morgan fingerprint density at radius 2 is 2.05 bits per heavy atom. The molecule has 0 aliphatic carbocycles. The molecule has 104 valence electrons. The van der Waals surface area contributed by atoms with Crippen molar-refractivity contribution >= 4 is 17.7 Å². The van der Waals surface area contributed by atoms with E-state index in [0.717, 1.165) is 10.9 Å². The minimum absolute atomic E-state index is 0.0369. The quantitative estimate of drug-likeness (QED) is 0.870. The van der Waals surface area contributed by atoms with Gasteiger partial charge >= 0.3 is 0 Å². The van der Waals surface area contributed by atoms with E-state index >= 15 is 0 Å². The molecule has 0 radical (unpaired) electrons. The number of thioether (sulfide) groups is 1. The molecule has 6 nitrogen and oxygen atoms in total. The number of hydrogen-bond donors (Lipinski definition) is 1. The smallest absolute Gasteiger partial charge is 0.222 e. The van der Waals surface area contributed by atoms with Crippen molar-refractivity contribution in [3.63, 3.8) is 0 Å². The third-order valence-electron chi connectivity index (χ3n) is 2.76. The van der Waals surface area contributed by atoms with Crippen LogP contribution in [-0.2, 0) is 12.5 Å². The maximum absolute atomic E-state index is 5.81. The first-order valence-corrected chi connectivity index (χ1v) is 6.94. The lowest BCUT2D eigenvalue weighted by Gasteiger charge is -2.13. The molecular formula is C12H19N5OS. The highest BCUT2D eigenvalue weighted by molar-refractivity contribution is 7.99. The Morgan fingerprint density at radius 3 is 2.53 bits per heavy atom. The Morgan fingerprint density at radius 1 is 1.37 bits per heavy atom. The van der Waals surface area contributed by atoms with Gasteiger partial charge in [0, 0.05) is 12.5 Å². The molecule has 0 spiro atoms. The molecule has 0 aromatic carbocycles. The average molecular weight is 281 g/mol. The summed E-state index contributed by atoms with van der Waals surface area (Å²) in [4.78, 5) is 4.34. The summed E-state index contributed by atoms with van der Waals surface area (Å²) in [5.41, 5.74) is 5.62. The molecule has 7 heteroatoms. The van der Waals surface area contributed by atoms with Crippen LogP contribution in [0.25, 0.3) is 0 Å². The third kappa shape index (κ3) is 2.91. The molecule has 1 atom stereocenters. The summed E-state index contributed by atoms with van der Waals surface area (Å²) in [5, 5.41) is 8.65. The Kier molecular flexibility index (Phi) is 3.58. The van der Waals surface area contributed by atoms with Crippen LogP contribution >= 0.6 is 11.8 Å². The van der Waals surface area contributed by atoms with Crippen LogP contribution in [0.2, 0.25) is 0 Å². The van der Waals surface area contributed by atoms with Crippen molar-refractivity contribution in [2.75, 3.05) is 5.73 Å². The number of hydrogen-bond acceptors (Lipinski definition) is 6. The Balaban J connectivity index is 2.14. The fourth-order valence-corrected chi connectivity index (χ4v) is 2.33. The van der Waals surface area contributed by atoms with Gasteiger partial charge in [0.25, 0.3) is 0 Å². The van der Waals surface area contributed by atoms with Crippen LogP contribution in [-0.4, -0.2) is 19.7 Å². The lowest BCUT2D eigenvalue weighted by Crippen LogP contribution is -2.09. The highest BCUT2D eigenvalue weighted by Crippen LogP contribution is 2.35. The van der Waals surface area contributed by atoms with Crippen molar-refractivity contribution in [2.24, 2.45) is 7.05 Å². The second-order valence-electron chi connectivity index (χ2n) is 5.47. The normalized spacial score (nSPS) is 13.7. The summed E-state index contributed by atoms with van der Waals surface area (Å²) in [6.07, 6.45) is 1.79. The fourth-order valence-electron chi connectivity index (χ4n) is 1.46. The first-order chi connectivity index (χ1) is 8.79. The lowest BCUT2D eigenvalue weighted by molar-refractivity contribution is 0.383. The molecule has 2 heterocycles. The van der Waals surface area contributed by atoms with Crippen LogP contribution in [0.3, 0.4) is 0 Å².